The molecule has 1 N–H and O–H groups in total. The van der Waals surface area contributed by atoms with Gasteiger partial charge in [0.25, 0.3) is 0 Å². The Labute approximate surface area is 100 Å². The number of benzene rings is 1. The van der Waals surface area contributed by atoms with Crippen molar-refractivity contribution < 1.29 is 4.79 Å². The molecule has 0 radical (unpaired) electrons. The van der Waals surface area contributed by atoms with Gasteiger partial charge in [0.05, 0.1) is 5.71 Å². The molecule has 0 aromatic heterocycles. The van der Waals surface area contributed by atoms with Crippen molar-refractivity contribution in [2.24, 2.45) is 0 Å². The van der Waals surface area contributed by atoms with E-state index < -0.39 is 0 Å². The molecule has 0 aliphatic heterocycles. The van der Waals surface area contributed by atoms with Gasteiger partial charge in [0.15, 0.2) is 5.78 Å². The van der Waals surface area contributed by atoms with Crippen LogP contribution < -0.4 is 0 Å². The van der Waals surface area contributed by atoms with E-state index in [1.807, 2.05) is 19.1 Å². The molecule has 1 aromatic rings. The summed E-state index contributed by atoms with van der Waals surface area (Å²) in [5.74, 6) is -0.248. The lowest BCUT2D eigenvalue weighted by Gasteiger charge is -2.00. The van der Waals surface area contributed by atoms with Crippen molar-refractivity contribution in [2.45, 2.75) is 20.3 Å². The Morgan fingerprint density at radius 2 is 2.19 bits per heavy atom. The number of ketones is 1. The van der Waals surface area contributed by atoms with Gasteiger partial charge in [-0.05, 0) is 42.7 Å². The van der Waals surface area contributed by atoms with Gasteiger partial charge in [-0.1, -0.05) is 30.7 Å². The fourth-order valence-corrected chi connectivity index (χ4v) is 1.41. The molecule has 0 saturated heterocycles. The molecule has 0 fully saturated rings. The quantitative estimate of drug-likeness (QED) is 0.628. The first-order chi connectivity index (χ1) is 7.54. The fraction of sp³-hybridized carbons (Fsp3) is 0.231. The molecular weight excluding hydrogens is 222 g/mol. The zero-order valence-corrected chi connectivity index (χ0v) is 10.1. The van der Waals surface area contributed by atoms with E-state index in [1.54, 1.807) is 19.1 Å². The maximum Gasteiger partial charge on any atom is 0.199 e. The van der Waals surface area contributed by atoms with Crippen LogP contribution in [0.25, 0.3) is 6.08 Å². The Kier molecular flexibility index (Phi) is 4.44. The van der Waals surface area contributed by atoms with Crippen molar-refractivity contribution in [1.82, 2.24) is 0 Å². The smallest absolute Gasteiger partial charge is 0.199 e. The largest absolute Gasteiger partial charge is 0.301 e. The van der Waals surface area contributed by atoms with Crippen LogP contribution in [-0.2, 0) is 4.79 Å². The van der Waals surface area contributed by atoms with Crippen LogP contribution in [-0.4, -0.2) is 11.5 Å². The summed E-state index contributed by atoms with van der Waals surface area (Å²) >= 11 is 5.86. The second-order valence-electron chi connectivity index (χ2n) is 3.53. The van der Waals surface area contributed by atoms with Crippen LogP contribution in [0.1, 0.15) is 24.5 Å². The second kappa shape index (κ2) is 5.61. The van der Waals surface area contributed by atoms with E-state index >= 15 is 0 Å². The molecule has 1 aromatic carbocycles. The number of hydrogen-bond acceptors (Lipinski definition) is 2. The molecule has 16 heavy (non-hydrogen) atoms. The number of carbonyl (C=O) groups excluding carboxylic acids is 1. The molecule has 84 valence electrons. The summed E-state index contributed by atoms with van der Waals surface area (Å²) in [4.78, 5) is 11.4. The molecule has 0 aliphatic carbocycles. The maximum absolute atomic E-state index is 11.4. The highest BCUT2D eigenvalue weighted by Crippen LogP contribution is 2.16. The lowest BCUT2D eigenvalue weighted by Crippen LogP contribution is -2.07. The third-order valence-electron chi connectivity index (χ3n) is 2.31. The van der Waals surface area contributed by atoms with Gasteiger partial charge >= 0.3 is 0 Å². The Morgan fingerprint density at radius 3 is 2.81 bits per heavy atom. The van der Waals surface area contributed by atoms with Crippen molar-refractivity contribution in [1.29, 1.82) is 5.41 Å². The molecule has 2 nitrogen and oxygen atoms in total. The van der Waals surface area contributed by atoms with E-state index in [1.165, 1.54) is 6.08 Å². The standard InChI is InChI=1S/C13H14ClNO/c1-3-12(15)13(16)7-5-10-8-11(14)6-4-9(10)2/h4-8,15H,3H2,1-2H3/b7-5+,15-12?. The zero-order chi connectivity index (χ0) is 12.1. The third kappa shape index (κ3) is 3.31. The minimum atomic E-state index is -0.248. The lowest BCUT2D eigenvalue weighted by molar-refractivity contribution is -0.109. The summed E-state index contributed by atoms with van der Waals surface area (Å²) in [6.07, 6.45) is 3.58. The molecule has 0 saturated carbocycles. The minimum Gasteiger partial charge on any atom is -0.301 e. The molecule has 0 spiro atoms. The van der Waals surface area contributed by atoms with E-state index in [2.05, 4.69) is 0 Å². The first kappa shape index (κ1) is 12.7. The topological polar surface area (TPSA) is 40.9 Å². The SMILES string of the molecule is CCC(=N)C(=O)/C=C/c1cc(Cl)ccc1C. The van der Waals surface area contributed by atoms with E-state index in [4.69, 9.17) is 17.0 Å². The van der Waals surface area contributed by atoms with Crippen LogP contribution in [0.15, 0.2) is 24.3 Å². The highest BCUT2D eigenvalue weighted by Gasteiger charge is 2.02. The number of halogens is 1. The van der Waals surface area contributed by atoms with E-state index in [0.29, 0.717) is 11.4 Å². The van der Waals surface area contributed by atoms with Gasteiger partial charge in [0, 0.05) is 5.02 Å². The Hall–Kier alpha value is -1.41. The molecule has 0 amide bonds. The van der Waals surface area contributed by atoms with Gasteiger partial charge in [0.2, 0.25) is 0 Å². The highest BCUT2D eigenvalue weighted by molar-refractivity contribution is 6.43. The maximum atomic E-state index is 11.4. The van der Waals surface area contributed by atoms with E-state index in [-0.39, 0.29) is 11.5 Å². The monoisotopic (exact) mass is 235 g/mol. The van der Waals surface area contributed by atoms with Crippen molar-refractivity contribution in [2.75, 3.05) is 0 Å². The van der Waals surface area contributed by atoms with Crippen LogP contribution in [0.4, 0.5) is 0 Å². The van der Waals surface area contributed by atoms with Gasteiger partial charge < -0.3 is 5.41 Å². The third-order valence-corrected chi connectivity index (χ3v) is 2.54. The van der Waals surface area contributed by atoms with Crippen LogP contribution in [0, 0.1) is 12.3 Å². The molecule has 0 aliphatic rings. The number of allylic oxidation sites excluding steroid dienone is 1. The average molecular weight is 236 g/mol. The van der Waals surface area contributed by atoms with Gasteiger partial charge in [-0.25, -0.2) is 0 Å². The first-order valence-corrected chi connectivity index (χ1v) is 5.48. The predicted molar refractivity (Wildman–Crippen MR) is 68.2 cm³/mol. The summed E-state index contributed by atoms with van der Waals surface area (Å²) in [5.41, 5.74) is 2.08. The summed E-state index contributed by atoms with van der Waals surface area (Å²) in [6, 6.07) is 5.51. The molecular formula is C13H14ClNO. The Balaban J connectivity index is 2.88. The zero-order valence-electron chi connectivity index (χ0n) is 9.38. The van der Waals surface area contributed by atoms with Crippen molar-refractivity contribution in [3.63, 3.8) is 0 Å². The lowest BCUT2D eigenvalue weighted by atomic mass is 10.1. The Morgan fingerprint density at radius 1 is 1.50 bits per heavy atom. The average Bonchev–Trinajstić information content (AvgIpc) is 2.28. The molecule has 0 heterocycles. The van der Waals surface area contributed by atoms with E-state index in [9.17, 15) is 4.79 Å². The molecule has 0 unspecified atom stereocenters. The van der Waals surface area contributed by atoms with E-state index in [0.717, 1.165) is 11.1 Å². The number of aryl methyl sites for hydroxylation is 1. The molecule has 0 bridgehead atoms. The molecule has 0 atom stereocenters. The first-order valence-electron chi connectivity index (χ1n) is 5.10. The normalized spacial score (nSPS) is 10.7. The van der Waals surface area contributed by atoms with Gasteiger partial charge in [0.1, 0.15) is 0 Å². The van der Waals surface area contributed by atoms with Crippen molar-refractivity contribution >= 4 is 29.2 Å². The number of nitrogens with one attached hydrogen (secondary N) is 1. The number of rotatable bonds is 4. The van der Waals surface area contributed by atoms with Crippen LogP contribution >= 0.6 is 11.6 Å². The van der Waals surface area contributed by atoms with Gasteiger partial charge in [-0.3, -0.25) is 4.79 Å². The fourth-order valence-electron chi connectivity index (χ4n) is 1.23. The Bertz CT molecular complexity index is 449. The van der Waals surface area contributed by atoms with Gasteiger partial charge in [-0.15, -0.1) is 0 Å². The van der Waals surface area contributed by atoms with Crippen LogP contribution in [0.3, 0.4) is 0 Å². The van der Waals surface area contributed by atoms with Crippen molar-refractivity contribution in [3.05, 3.63) is 40.4 Å². The summed E-state index contributed by atoms with van der Waals surface area (Å²) < 4.78 is 0. The highest BCUT2D eigenvalue weighted by atomic mass is 35.5. The molecule has 3 heteroatoms. The molecule has 1 rings (SSSR count). The summed E-state index contributed by atoms with van der Waals surface area (Å²) in [7, 11) is 0. The summed E-state index contributed by atoms with van der Waals surface area (Å²) in [6.45, 7) is 3.74. The predicted octanol–water partition coefficient (Wildman–Crippen LogP) is 3.66. The number of hydrogen-bond donors (Lipinski definition) is 1. The number of carbonyl (C=O) groups is 1. The van der Waals surface area contributed by atoms with Crippen LogP contribution in [0.2, 0.25) is 5.02 Å². The van der Waals surface area contributed by atoms with Crippen LogP contribution in [0.5, 0.6) is 0 Å². The van der Waals surface area contributed by atoms with Gasteiger partial charge in [-0.2, -0.15) is 0 Å². The second-order valence-corrected chi connectivity index (χ2v) is 3.97. The van der Waals surface area contributed by atoms with Crippen molar-refractivity contribution in [3.8, 4) is 0 Å². The minimum absolute atomic E-state index is 0.121. The summed E-state index contributed by atoms with van der Waals surface area (Å²) in [5, 5.41) is 8.02.